The first-order valence-electron chi connectivity index (χ1n) is 18.4. The van der Waals surface area contributed by atoms with Crippen LogP contribution in [-0.4, -0.2) is 68.4 Å². The Bertz CT molecular complexity index is 2020. The number of carbonyl (C=O) groups excluding carboxylic acids is 2. The molecule has 2 aliphatic heterocycles. The second-order valence-corrected chi connectivity index (χ2v) is 15.9. The Hall–Kier alpha value is -4.38. The highest BCUT2D eigenvalue weighted by atomic mass is 19.3. The van der Waals surface area contributed by atoms with Crippen molar-refractivity contribution in [1.82, 2.24) is 24.8 Å². The molecule has 0 spiro atoms. The van der Waals surface area contributed by atoms with Gasteiger partial charge in [-0.2, -0.15) is 0 Å². The van der Waals surface area contributed by atoms with Gasteiger partial charge in [-0.05, 0) is 122 Å². The third-order valence-corrected chi connectivity index (χ3v) is 11.8. The lowest BCUT2D eigenvalue weighted by atomic mass is 9.82. The maximum atomic E-state index is 14.0. The van der Waals surface area contributed by atoms with E-state index in [1.54, 1.807) is 19.3 Å². The number of aryl methyl sites for hydroxylation is 1. The van der Waals surface area contributed by atoms with Crippen LogP contribution in [0.4, 0.5) is 26.0 Å². The zero-order valence-corrected chi connectivity index (χ0v) is 30.1. The molecule has 3 fully saturated rings. The molecule has 2 saturated carbocycles. The number of rotatable bonds is 9. The van der Waals surface area contributed by atoms with Crippen molar-refractivity contribution in [2.75, 3.05) is 23.3 Å². The van der Waals surface area contributed by atoms with E-state index in [-0.39, 0.29) is 30.8 Å². The van der Waals surface area contributed by atoms with Gasteiger partial charge in [-0.25, -0.2) is 18.7 Å². The first kappa shape index (κ1) is 33.7. The fourth-order valence-corrected chi connectivity index (χ4v) is 8.25. The number of hydrogen-bond donors (Lipinski definition) is 2. The standard InChI is InChI=1S/C40H47F2N7O2/c1-23(2)48-22-43-32-21-31(45-35(34(32)48)44-26-11-9-24(3)29(18-26)36(50)46-40(13-14-40)37(41)42)25-10-12-30-33(17-25)49(38(51)39(30,4)5)28-19-27(20-28)47-15-7-6-8-16-47/h9-12,17-18,21-23,27-28,37H,6-8,13-16,19-20H2,1-5H3,(H,44,45)(H,46,50)/t27-,28+. The van der Waals surface area contributed by atoms with Crippen LogP contribution in [0.15, 0.2) is 48.8 Å². The largest absolute Gasteiger partial charge is 0.341 e. The maximum absolute atomic E-state index is 14.0. The van der Waals surface area contributed by atoms with Crippen LogP contribution < -0.4 is 15.5 Å². The third kappa shape index (κ3) is 5.77. The van der Waals surface area contributed by atoms with Crippen molar-refractivity contribution in [3.63, 3.8) is 0 Å². The average Bonchev–Trinajstić information content (AvgIpc) is 3.69. The molecule has 0 unspecified atom stereocenters. The minimum Gasteiger partial charge on any atom is -0.341 e. The van der Waals surface area contributed by atoms with Crippen LogP contribution in [-0.2, 0) is 10.2 Å². The molecule has 11 heteroatoms. The summed E-state index contributed by atoms with van der Waals surface area (Å²) in [5.41, 5.74) is 4.73. The molecule has 268 valence electrons. The number of nitrogens with zero attached hydrogens (tertiary/aromatic N) is 5. The van der Waals surface area contributed by atoms with Crippen LogP contribution in [0.3, 0.4) is 0 Å². The topological polar surface area (TPSA) is 95.4 Å². The third-order valence-electron chi connectivity index (χ3n) is 11.8. The number of hydrogen-bond acceptors (Lipinski definition) is 6. The Labute approximate surface area is 297 Å². The van der Waals surface area contributed by atoms with Crippen LogP contribution in [0, 0.1) is 6.92 Å². The average molecular weight is 696 g/mol. The molecule has 4 heterocycles. The second kappa shape index (κ2) is 12.4. The van der Waals surface area contributed by atoms with Crippen LogP contribution >= 0.6 is 0 Å². The lowest BCUT2D eigenvalue weighted by molar-refractivity contribution is -0.123. The minimum absolute atomic E-state index is 0.102. The van der Waals surface area contributed by atoms with Gasteiger partial charge in [0.1, 0.15) is 11.1 Å². The number of imidazole rings is 1. The van der Waals surface area contributed by atoms with Gasteiger partial charge < -0.3 is 25.0 Å². The summed E-state index contributed by atoms with van der Waals surface area (Å²) >= 11 is 0. The highest BCUT2D eigenvalue weighted by molar-refractivity contribution is 6.09. The number of piperidine rings is 1. The van der Waals surface area contributed by atoms with E-state index >= 15 is 0 Å². The van der Waals surface area contributed by atoms with E-state index < -0.39 is 23.3 Å². The molecule has 2 amide bonds. The first-order valence-corrected chi connectivity index (χ1v) is 18.4. The van der Waals surface area contributed by atoms with Crippen molar-refractivity contribution in [3.8, 4) is 11.3 Å². The molecular weight excluding hydrogens is 648 g/mol. The van der Waals surface area contributed by atoms with Crippen molar-refractivity contribution in [1.29, 1.82) is 0 Å². The van der Waals surface area contributed by atoms with E-state index in [0.717, 1.165) is 53.8 Å². The van der Waals surface area contributed by atoms with E-state index in [1.807, 2.05) is 38.1 Å². The Morgan fingerprint density at radius 3 is 2.41 bits per heavy atom. The number of benzene rings is 2. The summed E-state index contributed by atoms with van der Waals surface area (Å²) in [6.45, 7) is 12.3. The quantitative estimate of drug-likeness (QED) is 0.185. The summed E-state index contributed by atoms with van der Waals surface area (Å²) in [6.07, 6.45) is 5.56. The smallest absolute Gasteiger partial charge is 0.261 e. The van der Waals surface area contributed by atoms with Gasteiger partial charge in [-0.3, -0.25) is 9.59 Å². The van der Waals surface area contributed by atoms with Gasteiger partial charge in [-0.1, -0.05) is 24.6 Å². The lowest BCUT2D eigenvalue weighted by Gasteiger charge is -2.48. The summed E-state index contributed by atoms with van der Waals surface area (Å²) in [4.78, 5) is 41.8. The molecule has 0 radical (unpaired) electrons. The van der Waals surface area contributed by atoms with Crippen molar-refractivity contribution in [3.05, 3.63) is 65.5 Å². The van der Waals surface area contributed by atoms with Gasteiger partial charge in [0, 0.05) is 40.6 Å². The second-order valence-electron chi connectivity index (χ2n) is 15.9. The summed E-state index contributed by atoms with van der Waals surface area (Å²) in [6, 6.07) is 14.4. The fourth-order valence-electron chi connectivity index (χ4n) is 8.25. The molecular formula is C40H47F2N7O2. The zero-order chi connectivity index (χ0) is 35.8. The molecule has 8 rings (SSSR count). The number of nitrogens with one attached hydrogen (secondary N) is 2. The van der Waals surface area contributed by atoms with Crippen LogP contribution in [0.1, 0.15) is 100 Å². The monoisotopic (exact) mass is 695 g/mol. The van der Waals surface area contributed by atoms with Gasteiger partial charge in [-0.15, -0.1) is 0 Å². The number of likely N-dealkylation sites (tertiary alicyclic amines) is 1. The van der Waals surface area contributed by atoms with Crippen LogP contribution in [0.5, 0.6) is 0 Å². The van der Waals surface area contributed by atoms with Gasteiger partial charge in [0.15, 0.2) is 5.82 Å². The van der Waals surface area contributed by atoms with Gasteiger partial charge >= 0.3 is 0 Å². The van der Waals surface area contributed by atoms with E-state index in [9.17, 15) is 18.4 Å². The molecule has 2 aliphatic carbocycles. The van der Waals surface area contributed by atoms with Crippen molar-refractivity contribution in [2.45, 2.75) is 115 Å². The van der Waals surface area contributed by atoms with Crippen LogP contribution in [0.2, 0.25) is 0 Å². The summed E-state index contributed by atoms with van der Waals surface area (Å²) < 4.78 is 29.4. The first-order chi connectivity index (χ1) is 24.4. The van der Waals surface area contributed by atoms with Crippen molar-refractivity contribution < 1.29 is 18.4 Å². The predicted octanol–water partition coefficient (Wildman–Crippen LogP) is 7.90. The summed E-state index contributed by atoms with van der Waals surface area (Å²) in [5.74, 6) is 0.202. The summed E-state index contributed by atoms with van der Waals surface area (Å²) in [5, 5.41) is 6.03. The number of amides is 2. The van der Waals surface area contributed by atoms with E-state index in [0.29, 0.717) is 34.4 Å². The molecule has 51 heavy (non-hydrogen) atoms. The maximum Gasteiger partial charge on any atom is 0.261 e. The normalized spacial score (nSPS) is 22.4. The number of pyridine rings is 1. The molecule has 4 aromatic rings. The number of aromatic nitrogens is 3. The number of carbonyl (C=O) groups is 2. The minimum atomic E-state index is -2.61. The highest BCUT2D eigenvalue weighted by Gasteiger charge is 2.53. The molecule has 0 atom stereocenters. The number of halogens is 2. The van der Waals surface area contributed by atoms with Crippen LogP contribution in [0.25, 0.3) is 22.3 Å². The molecule has 2 aromatic heterocycles. The predicted molar refractivity (Wildman–Crippen MR) is 196 cm³/mol. The Morgan fingerprint density at radius 2 is 1.73 bits per heavy atom. The van der Waals surface area contributed by atoms with E-state index in [1.165, 1.54) is 19.3 Å². The number of alkyl halides is 2. The van der Waals surface area contributed by atoms with Gasteiger partial charge in [0.2, 0.25) is 5.91 Å². The van der Waals surface area contributed by atoms with Gasteiger partial charge in [0.25, 0.3) is 12.3 Å². The molecule has 0 bridgehead atoms. The Balaban J connectivity index is 1.13. The number of fused-ring (bicyclic) bond motifs is 2. The molecule has 2 aromatic carbocycles. The molecule has 2 N–H and O–H groups in total. The van der Waals surface area contributed by atoms with E-state index in [4.69, 9.17) is 9.97 Å². The molecule has 9 nitrogen and oxygen atoms in total. The Morgan fingerprint density at radius 1 is 0.980 bits per heavy atom. The van der Waals surface area contributed by atoms with Gasteiger partial charge in [0.05, 0.1) is 23.0 Å². The Kier molecular flexibility index (Phi) is 8.20. The highest BCUT2D eigenvalue weighted by Crippen LogP contribution is 2.48. The van der Waals surface area contributed by atoms with E-state index in [2.05, 4.69) is 51.0 Å². The van der Waals surface area contributed by atoms with Crippen molar-refractivity contribution in [2.24, 2.45) is 0 Å². The summed E-state index contributed by atoms with van der Waals surface area (Å²) in [7, 11) is 0. The lowest BCUT2D eigenvalue weighted by Crippen LogP contribution is -2.57. The zero-order valence-electron chi connectivity index (χ0n) is 30.1. The molecule has 1 saturated heterocycles. The van der Waals surface area contributed by atoms with Crippen molar-refractivity contribution >= 4 is 40.0 Å². The SMILES string of the molecule is Cc1ccc(Nc2nc(-c3ccc4c(c3)N([C@H]3C[C@@H](N5CCCCC5)C3)C(=O)C4(C)C)cc3ncn(C(C)C)c23)cc1C(=O)NC1(C(F)F)CC1. The number of anilines is 3. The molecule has 4 aliphatic rings. The fraction of sp³-hybridized carbons (Fsp3) is 0.500.